The van der Waals surface area contributed by atoms with Crippen LogP contribution in [0.2, 0.25) is 0 Å². The molecule has 3 heteroatoms. The van der Waals surface area contributed by atoms with Crippen LogP contribution in [0.25, 0.3) is 0 Å². The molecule has 0 aliphatic carbocycles. The number of methoxy groups -OCH3 is 1. The Balaban J connectivity index is 2.66. The molecule has 0 fully saturated rings. The Morgan fingerprint density at radius 2 is 2.24 bits per heavy atom. The zero-order valence-corrected chi connectivity index (χ0v) is 10.2. The lowest BCUT2D eigenvalue weighted by atomic mass is 10.1. The second-order valence-corrected chi connectivity index (χ2v) is 3.67. The average molecular weight is 233 g/mol. The van der Waals surface area contributed by atoms with Crippen LogP contribution in [0.5, 0.6) is 11.5 Å². The van der Waals surface area contributed by atoms with E-state index in [9.17, 15) is 0 Å². The van der Waals surface area contributed by atoms with E-state index in [1.807, 2.05) is 18.2 Å². The number of hydrogen-bond donors (Lipinski definition) is 1. The molecule has 0 aliphatic heterocycles. The first kappa shape index (κ1) is 13.4. The monoisotopic (exact) mass is 233 g/mol. The third-order valence-electron chi connectivity index (χ3n) is 2.40. The topological polar surface area (TPSA) is 44.5 Å². The number of terminal acetylenes is 1. The molecule has 92 valence electrons. The van der Waals surface area contributed by atoms with E-state index >= 15 is 0 Å². The van der Waals surface area contributed by atoms with Gasteiger partial charge in [-0.2, -0.15) is 0 Å². The van der Waals surface area contributed by atoms with Crippen molar-refractivity contribution in [3.63, 3.8) is 0 Å². The fourth-order valence-corrected chi connectivity index (χ4v) is 1.53. The Labute approximate surface area is 103 Å². The molecule has 0 bridgehead atoms. The summed E-state index contributed by atoms with van der Waals surface area (Å²) in [5.74, 6) is 4.28. The van der Waals surface area contributed by atoms with Crippen LogP contribution in [-0.2, 0) is 6.42 Å². The first-order valence-corrected chi connectivity index (χ1v) is 5.75. The molecular formula is C14H19NO2. The van der Waals surface area contributed by atoms with E-state index in [1.54, 1.807) is 7.11 Å². The predicted molar refractivity (Wildman–Crippen MR) is 69.3 cm³/mol. The van der Waals surface area contributed by atoms with Crippen LogP contribution in [0.3, 0.4) is 0 Å². The molecule has 0 heterocycles. The van der Waals surface area contributed by atoms with Crippen LogP contribution in [-0.4, -0.2) is 20.3 Å². The van der Waals surface area contributed by atoms with Gasteiger partial charge in [0.15, 0.2) is 0 Å². The van der Waals surface area contributed by atoms with Crippen molar-refractivity contribution in [2.24, 2.45) is 5.73 Å². The van der Waals surface area contributed by atoms with Gasteiger partial charge in [-0.1, -0.05) is 0 Å². The molecule has 0 radical (unpaired) electrons. The molecule has 1 rings (SSSR count). The highest BCUT2D eigenvalue weighted by molar-refractivity contribution is 5.40. The maximum absolute atomic E-state index is 5.68. The number of hydrogen-bond acceptors (Lipinski definition) is 3. The van der Waals surface area contributed by atoms with Crippen LogP contribution in [0.4, 0.5) is 0 Å². The van der Waals surface area contributed by atoms with Crippen LogP contribution >= 0.6 is 0 Å². The van der Waals surface area contributed by atoms with Gasteiger partial charge in [-0.15, -0.1) is 12.3 Å². The van der Waals surface area contributed by atoms with E-state index in [2.05, 4.69) is 5.92 Å². The third kappa shape index (κ3) is 4.38. The maximum atomic E-state index is 5.68. The van der Waals surface area contributed by atoms with Gasteiger partial charge in [-0.05, 0) is 43.1 Å². The Bertz CT molecular complexity index is 382. The second kappa shape index (κ2) is 7.59. The van der Waals surface area contributed by atoms with Crippen molar-refractivity contribution >= 4 is 0 Å². The van der Waals surface area contributed by atoms with Gasteiger partial charge in [0.05, 0.1) is 13.7 Å². The lowest BCUT2D eigenvalue weighted by Gasteiger charge is -2.12. The molecule has 0 spiro atoms. The highest BCUT2D eigenvalue weighted by Gasteiger charge is 2.05. The van der Waals surface area contributed by atoms with Gasteiger partial charge in [0.2, 0.25) is 0 Å². The summed E-state index contributed by atoms with van der Waals surface area (Å²) in [4.78, 5) is 0. The second-order valence-electron chi connectivity index (χ2n) is 3.67. The van der Waals surface area contributed by atoms with Crippen molar-refractivity contribution in [3.05, 3.63) is 23.8 Å². The Morgan fingerprint density at radius 3 is 2.88 bits per heavy atom. The maximum Gasteiger partial charge on any atom is 0.122 e. The molecule has 0 atom stereocenters. The summed E-state index contributed by atoms with van der Waals surface area (Å²) in [5, 5.41) is 0. The van der Waals surface area contributed by atoms with Crippen molar-refractivity contribution in [1.82, 2.24) is 0 Å². The first-order chi connectivity index (χ1) is 8.31. The summed E-state index contributed by atoms with van der Waals surface area (Å²) in [7, 11) is 1.65. The van der Waals surface area contributed by atoms with Gasteiger partial charge < -0.3 is 15.2 Å². The molecule has 0 saturated carbocycles. The zero-order chi connectivity index (χ0) is 12.5. The van der Waals surface area contributed by atoms with E-state index < -0.39 is 0 Å². The normalized spacial score (nSPS) is 9.71. The summed E-state index contributed by atoms with van der Waals surface area (Å²) in [6.45, 7) is 1.22. The molecule has 0 amide bonds. The highest BCUT2D eigenvalue weighted by Crippen LogP contribution is 2.24. The van der Waals surface area contributed by atoms with E-state index in [-0.39, 0.29) is 0 Å². The molecule has 0 saturated heterocycles. The number of unbranched alkanes of at least 4 members (excludes halogenated alkanes) is 1. The zero-order valence-electron chi connectivity index (χ0n) is 10.2. The molecule has 1 aromatic carbocycles. The average Bonchev–Trinajstić information content (AvgIpc) is 2.36. The van der Waals surface area contributed by atoms with E-state index in [0.717, 1.165) is 36.3 Å². The van der Waals surface area contributed by atoms with Crippen molar-refractivity contribution < 1.29 is 9.47 Å². The quantitative estimate of drug-likeness (QED) is 0.578. The highest BCUT2D eigenvalue weighted by atomic mass is 16.5. The summed E-state index contributed by atoms with van der Waals surface area (Å²) in [6, 6.07) is 5.76. The van der Waals surface area contributed by atoms with Crippen LogP contribution in [0, 0.1) is 12.3 Å². The first-order valence-electron chi connectivity index (χ1n) is 5.75. The molecule has 0 unspecified atom stereocenters. The number of ether oxygens (including phenoxy) is 2. The fourth-order valence-electron chi connectivity index (χ4n) is 1.53. The SMILES string of the molecule is C#CCCCOc1ccc(OC)cc1CCN. The minimum atomic E-state index is 0.591. The number of benzene rings is 1. The third-order valence-corrected chi connectivity index (χ3v) is 2.40. The standard InChI is InChI=1S/C14H19NO2/c1-3-4-5-10-17-14-7-6-13(16-2)11-12(14)8-9-15/h1,6-7,11H,4-5,8-10,15H2,2H3. The minimum Gasteiger partial charge on any atom is -0.497 e. The van der Waals surface area contributed by atoms with Crippen LogP contribution < -0.4 is 15.2 Å². The summed E-state index contributed by atoms with van der Waals surface area (Å²) >= 11 is 0. The van der Waals surface area contributed by atoms with Gasteiger partial charge in [-0.3, -0.25) is 0 Å². The summed E-state index contributed by atoms with van der Waals surface area (Å²) < 4.78 is 10.9. The number of nitrogens with two attached hydrogens (primary N) is 1. The molecule has 0 aliphatic rings. The van der Waals surface area contributed by atoms with Crippen molar-refractivity contribution in [3.8, 4) is 23.8 Å². The van der Waals surface area contributed by atoms with E-state index in [4.69, 9.17) is 21.6 Å². The minimum absolute atomic E-state index is 0.591. The Kier molecular flexibility index (Phi) is 5.98. The van der Waals surface area contributed by atoms with Crippen molar-refractivity contribution in [2.75, 3.05) is 20.3 Å². The predicted octanol–water partition coefficient (Wildman–Crippen LogP) is 1.99. The van der Waals surface area contributed by atoms with Crippen LogP contribution in [0.1, 0.15) is 18.4 Å². The molecule has 1 aromatic rings. The van der Waals surface area contributed by atoms with Crippen molar-refractivity contribution in [2.45, 2.75) is 19.3 Å². The lowest BCUT2D eigenvalue weighted by molar-refractivity contribution is 0.309. The fraction of sp³-hybridized carbons (Fsp3) is 0.429. The largest absolute Gasteiger partial charge is 0.497 e. The van der Waals surface area contributed by atoms with Gasteiger partial charge in [0.25, 0.3) is 0 Å². The van der Waals surface area contributed by atoms with E-state index in [0.29, 0.717) is 13.2 Å². The van der Waals surface area contributed by atoms with Gasteiger partial charge in [0.1, 0.15) is 11.5 Å². The lowest BCUT2D eigenvalue weighted by Crippen LogP contribution is -2.06. The molecule has 2 N–H and O–H groups in total. The summed E-state index contributed by atoms with van der Waals surface area (Å²) in [6.07, 6.45) is 7.57. The van der Waals surface area contributed by atoms with Gasteiger partial charge >= 0.3 is 0 Å². The van der Waals surface area contributed by atoms with E-state index in [1.165, 1.54) is 0 Å². The Hall–Kier alpha value is -1.66. The molecule has 17 heavy (non-hydrogen) atoms. The molecule has 3 nitrogen and oxygen atoms in total. The molecular weight excluding hydrogens is 214 g/mol. The smallest absolute Gasteiger partial charge is 0.122 e. The number of rotatable bonds is 7. The Morgan fingerprint density at radius 1 is 1.41 bits per heavy atom. The van der Waals surface area contributed by atoms with Crippen LogP contribution in [0.15, 0.2) is 18.2 Å². The summed E-state index contributed by atoms with van der Waals surface area (Å²) in [5.41, 5.74) is 6.65. The molecule has 0 aromatic heterocycles. The van der Waals surface area contributed by atoms with Crippen molar-refractivity contribution in [1.29, 1.82) is 0 Å². The van der Waals surface area contributed by atoms with Gasteiger partial charge in [0, 0.05) is 6.42 Å². The van der Waals surface area contributed by atoms with Gasteiger partial charge in [-0.25, -0.2) is 0 Å².